The fraction of sp³-hybridized carbons (Fsp3) is 0.435. The van der Waals surface area contributed by atoms with Crippen LogP contribution in [0.2, 0.25) is 0 Å². The van der Waals surface area contributed by atoms with Gasteiger partial charge < -0.3 is 45.2 Å². The van der Waals surface area contributed by atoms with Gasteiger partial charge in [-0.2, -0.15) is 13.6 Å². The van der Waals surface area contributed by atoms with Gasteiger partial charge in [0, 0.05) is 36.6 Å². The van der Waals surface area contributed by atoms with E-state index in [1.165, 1.54) is 34.6 Å². The Morgan fingerprint density at radius 2 is 1.78 bits per heavy atom. The molecule has 3 rings (SSSR count). The minimum atomic E-state index is -5.82. The number of aliphatic hydroxyl groups excluding tert-OH is 1. The SMILES string of the molecule is CC(=O)NC(CCCSSCc1ccccc1C(=O)Nc1ccn(C2CC(O)C(OP(=O)(O)OP(=O)(O)OP(=O)(O)O)O2)c(=O)n1)C(=O)O. The summed E-state index contributed by atoms with van der Waals surface area (Å²) in [5.74, 6) is -1.31. The molecule has 0 spiro atoms. The number of carboxylic acids is 1. The molecule has 1 saturated heterocycles. The van der Waals surface area contributed by atoms with E-state index in [9.17, 15) is 52.9 Å². The van der Waals surface area contributed by atoms with Gasteiger partial charge in [-0.05, 0) is 30.5 Å². The molecular formula is C23H31N4O17P3S2. The van der Waals surface area contributed by atoms with Gasteiger partial charge in [0.1, 0.15) is 24.2 Å². The Morgan fingerprint density at radius 1 is 1.08 bits per heavy atom. The normalized spacial score (nSPS) is 20.9. The van der Waals surface area contributed by atoms with Crippen molar-refractivity contribution in [2.45, 2.75) is 56.6 Å². The number of carboxylic acid groups (broad SMARTS) is 1. The largest absolute Gasteiger partial charge is 0.490 e. The molecule has 2 aromatic rings. The van der Waals surface area contributed by atoms with Gasteiger partial charge >= 0.3 is 35.1 Å². The number of aliphatic hydroxyl groups is 1. The summed E-state index contributed by atoms with van der Waals surface area (Å²) in [6, 6.07) is 6.91. The predicted octanol–water partition coefficient (Wildman–Crippen LogP) is 1.70. The van der Waals surface area contributed by atoms with E-state index >= 15 is 0 Å². The summed E-state index contributed by atoms with van der Waals surface area (Å²) in [7, 11) is -14.2. The molecule has 8 N–H and O–H groups in total. The average Bonchev–Trinajstić information content (AvgIpc) is 3.30. The first-order valence-corrected chi connectivity index (χ1v) is 20.6. The fourth-order valence-electron chi connectivity index (χ4n) is 4.09. The molecule has 0 aliphatic carbocycles. The van der Waals surface area contributed by atoms with E-state index in [0.29, 0.717) is 23.5 Å². The Balaban J connectivity index is 1.56. The number of aliphatic carboxylic acids is 1. The van der Waals surface area contributed by atoms with Crippen LogP contribution in [-0.2, 0) is 46.9 Å². The number of nitrogens with one attached hydrogen (secondary N) is 2. The molecule has 1 aromatic carbocycles. The zero-order valence-electron chi connectivity index (χ0n) is 25.0. The highest BCUT2D eigenvalue weighted by molar-refractivity contribution is 8.76. The van der Waals surface area contributed by atoms with E-state index in [0.717, 1.165) is 10.8 Å². The Labute approximate surface area is 284 Å². The lowest BCUT2D eigenvalue weighted by molar-refractivity contribution is -0.141. The number of ether oxygens (including phenoxy) is 1. The van der Waals surface area contributed by atoms with Crippen LogP contribution in [0.3, 0.4) is 0 Å². The molecule has 2 amide bonds. The number of amides is 2. The van der Waals surface area contributed by atoms with Crippen molar-refractivity contribution >= 4 is 68.7 Å². The smallest absolute Gasteiger partial charge is 0.480 e. The second kappa shape index (κ2) is 17.7. The molecule has 272 valence electrons. The number of phosphoric acid groups is 3. The van der Waals surface area contributed by atoms with Gasteiger partial charge in [-0.1, -0.05) is 39.8 Å². The summed E-state index contributed by atoms with van der Waals surface area (Å²) < 4.78 is 52.2. The van der Waals surface area contributed by atoms with Crippen molar-refractivity contribution in [2.24, 2.45) is 0 Å². The molecule has 6 atom stereocenters. The van der Waals surface area contributed by atoms with Crippen molar-refractivity contribution in [2.75, 3.05) is 11.1 Å². The number of hydrogen-bond acceptors (Lipinski definition) is 15. The van der Waals surface area contributed by atoms with Crippen LogP contribution in [0.5, 0.6) is 0 Å². The maximum absolute atomic E-state index is 13.1. The van der Waals surface area contributed by atoms with Gasteiger partial charge in [0.05, 0.1) is 0 Å². The molecule has 26 heteroatoms. The second-order valence-electron chi connectivity index (χ2n) is 9.89. The molecule has 49 heavy (non-hydrogen) atoms. The first kappa shape index (κ1) is 41.0. The lowest BCUT2D eigenvalue weighted by Crippen LogP contribution is -2.39. The van der Waals surface area contributed by atoms with E-state index in [1.54, 1.807) is 24.3 Å². The number of carbonyl (C=O) groups is 3. The molecule has 0 saturated carbocycles. The standard InChI is InChI=1S/C23H31N4O17P3S2/c1-13(28)24-16(21(31)32)7-4-10-48-49-12-14-5-2-3-6-15(14)20(30)25-18-8-9-27(23(33)26-18)19-11-17(29)22(41-19)42-46(37,38)44-47(39,40)43-45(34,35)36/h2-3,5-6,8-9,16-17,19,22,29H,4,7,10-12H2,1H3,(H,24,28)(H,31,32)(H,37,38)(H,39,40)(H2,34,35,36)(H,25,26,30,33). The van der Waals surface area contributed by atoms with Crippen molar-refractivity contribution < 1.29 is 75.7 Å². The summed E-state index contributed by atoms with van der Waals surface area (Å²) in [6.07, 6.45) is -3.61. The van der Waals surface area contributed by atoms with Crippen LogP contribution < -0.4 is 16.3 Å². The minimum absolute atomic E-state index is 0.154. The van der Waals surface area contributed by atoms with Gasteiger partial charge in [-0.15, -0.1) is 0 Å². The van der Waals surface area contributed by atoms with E-state index in [2.05, 4.69) is 28.8 Å². The zero-order valence-corrected chi connectivity index (χ0v) is 29.4. The highest BCUT2D eigenvalue weighted by atomic mass is 33.1. The monoisotopic (exact) mass is 792 g/mol. The van der Waals surface area contributed by atoms with E-state index in [4.69, 9.17) is 14.5 Å². The van der Waals surface area contributed by atoms with E-state index < -0.39 is 78.0 Å². The Hall–Kier alpha value is -2.46. The van der Waals surface area contributed by atoms with Crippen LogP contribution >= 0.6 is 45.1 Å². The molecule has 0 bridgehead atoms. The van der Waals surface area contributed by atoms with Crippen molar-refractivity contribution in [3.8, 4) is 0 Å². The van der Waals surface area contributed by atoms with E-state index in [-0.39, 0.29) is 17.8 Å². The lowest BCUT2D eigenvalue weighted by Gasteiger charge is -2.20. The highest BCUT2D eigenvalue weighted by Crippen LogP contribution is 2.67. The number of aromatic nitrogens is 2. The number of hydrogen-bond donors (Lipinski definition) is 8. The average molecular weight is 793 g/mol. The summed E-state index contributed by atoms with van der Waals surface area (Å²) in [6.45, 7) is 1.24. The molecule has 0 radical (unpaired) electrons. The summed E-state index contributed by atoms with van der Waals surface area (Å²) in [5, 5.41) is 24.3. The molecule has 6 unspecified atom stereocenters. The third-order valence-corrected chi connectivity index (χ3v) is 12.2. The number of phosphoric ester groups is 1. The van der Waals surface area contributed by atoms with Crippen molar-refractivity contribution in [3.05, 3.63) is 58.1 Å². The lowest BCUT2D eigenvalue weighted by atomic mass is 10.1. The fourth-order valence-corrected chi connectivity index (χ4v) is 9.40. The number of carbonyl (C=O) groups excluding carboxylic acids is 2. The van der Waals surface area contributed by atoms with Crippen molar-refractivity contribution in [1.29, 1.82) is 0 Å². The van der Waals surface area contributed by atoms with Crippen LogP contribution in [0.25, 0.3) is 0 Å². The number of rotatable bonds is 18. The third-order valence-electron chi connectivity index (χ3n) is 6.04. The van der Waals surface area contributed by atoms with Crippen LogP contribution in [0, 0.1) is 0 Å². The summed E-state index contributed by atoms with van der Waals surface area (Å²) >= 11 is 0. The Morgan fingerprint density at radius 3 is 2.41 bits per heavy atom. The van der Waals surface area contributed by atoms with Crippen molar-refractivity contribution in [1.82, 2.24) is 14.9 Å². The maximum atomic E-state index is 13.1. The molecular weight excluding hydrogens is 761 g/mol. The van der Waals surface area contributed by atoms with Crippen LogP contribution in [0.1, 0.15) is 48.3 Å². The molecule has 2 heterocycles. The molecule has 1 fully saturated rings. The van der Waals surface area contributed by atoms with Crippen LogP contribution in [-0.4, -0.2) is 81.3 Å². The highest BCUT2D eigenvalue weighted by Gasteiger charge is 2.46. The number of benzene rings is 1. The predicted molar refractivity (Wildman–Crippen MR) is 171 cm³/mol. The topological polar surface area (TPSA) is 320 Å². The van der Waals surface area contributed by atoms with Crippen LogP contribution in [0.4, 0.5) is 5.82 Å². The van der Waals surface area contributed by atoms with E-state index in [1.807, 2.05) is 0 Å². The minimum Gasteiger partial charge on any atom is -0.480 e. The first-order valence-electron chi connectivity index (χ1n) is 13.6. The van der Waals surface area contributed by atoms with Gasteiger partial charge in [0.15, 0.2) is 6.29 Å². The van der Waals surface area contributed by atoms with Gasteiger partial charge in [0.2, 0.25) is 5.91 Å². The Kier molecular flexibility index (Phi) is 14.8. The van der Waals surface area contributed by atoms with Crippen LogP contribution in [0.15, 0.2) is 41.3 Å². The third kappa shape index (κ3) is 13.6. The molecule has 21 nitrogen and oxygen atoms in total. The second-order valence-corrected chi connectivity index (χ2v) is 16.8. The van der Waals surface area contributed by atoms with Gasteiger partial charge in [-0.3, -0.25) is 18.7 Å². The quantitative estimate of drug-likeness (QED) is 0.0605. The summed E-state index contributed by atoms with van der Waals surface area (Å²) in [4.78, 5) is 88.2. The van der Waals surface area contributed by atoms with Gasteiger partial charge in [-0.25, -0.2) is 23.3 Å². The molecule has 1 aromatic heterocycles. The van der Waals surface area contributed by atoms with Gasteiger partial charge in [0.25, 0.3) is 5.91 Å². The molecule has 1 aliphatic rings. The number of anilines is 1. The Bertz CT molecular complexity index is 1730. The molecule has 1 aliphatic heterocycles. The first-order chi connectivity index (χ1) is 22.7. The number of nitrogens with zero attached hydrogens (tertiary/aromatic N) is 2. The summed E-state index contributed by atoms with van der Waals surface area (Å²) in [5.41, 5.74) is -0.0459. The zero-order chi connectivity index (χ0) is 36.6. The maximum Gasteiger partial charge on any atom is 0.490 e. The van der Waals surface area contributed by atoms with Crippen molar-refractivity contribution in [3.63, 3.8) is 0 Å².